The van der Waals surface area contributed by atoms with Crippen molar-refractivity contribution >= 4 is 0 Å². The third-order valence-corrected chi connectivity index (χ3v) is 2.36. The van der Waals surface area contributed by atoms with Gasteiger partial charge in [-0.3, -0.25) is 5.10 Å². The van der Waals surface area contributed by atoms with Gasteiger partial charge < -0.3 is 5.32 Å². The summed E-state index contributed by atoms with van der Waals surface area (Å²) in [5.41, 5.74) is 1.20. The number of aromatic nitrogens is 2. The predicted octanol–water partition coefficient (Wildman–Crippen LogP) is 2.42. The van der Waals surface area contributed by atoms with E-state index in [1.807, 2.05) is 18.5 Å². The third kappa shape index (κ3) is 3.34. The average molecular weight is 193 g/mol. The number of hydrogen-bond acceptors (Lipinski definition) is 2. The summed E-state index contributed by atoms with van der Waals surface area (Å²) in [5.74, 6) is 0. The molecule has 3 nitrogen and oxygen atoms in total. The molecule has 1 rings (SSSR count). The maximum Gasteiger partial charge on any atom is 0.0534 e. The Bertz CT molecular complexity index is 254. The molecule has 14 heavy (non-hydrogen) atoms. The second kappa shape index (κ2) is 5.60. The van der Waals surface area contributed by atoms with Crippen LogP contribution in [0.4, 0.5) is 0 Å². The highest BCUT2D eigenvalue weighted by atomic mass is 15.1. The normalized spacial score (nSPS) is 15.0. The first-order valence-electron chi connectivity index (χ1n) is 5.09. The predicted molar refractivity (Wildman–Crippen MR) is 59.0 cm³/mol. The fraction of sp³-hybridized carbons (Fsp3) is 0.545. The van der Waals surface area contributed by atoms with Crippen LogP contribution in [0.15, 0.2) is 25.0 Å². The quantitative estimate of drug-likeness (QED) is 0.681. The van der Waals surface area contributed by atoms with E-state index >= 15 is 0 Å². The number of nitrogens with zero attached hydrogens (tertiary/aromatic N) is 1. The molecule has 0 amide bonds. The highest BCUT2D eigenvalue weighted by Crippen LogP contribution is 2.11. The van der Waals surface area contributed by atoms with Gasteiger partial charge in [0.25, 0.3) is 0 Å². The molecular formula is C11H19N3. The van der Waals surface area contributed by atoms with Gasteiger partial charge in [-0.1, -0.05) is 6.08 Å². The lowest BCUT2D eigenvalue weighted by Gasteiger charge is -2.18. The first-order valence-corrected chi connectivity index (χ1v) is 5.09. The fourth-order valence-corrected chi connectivity index (χ4v) is 1.47. The zero-order valence-electron chi connectivity index (χ0n) is 8.96. The highest BCUT2D eigenvalue weighted by molar-refractivity contribution is 5.08. The Kier molecular flexibility index (Phi) is 4.40. The van der Waals surface area contributed by atoms with Crippen LogP contribution in [-0.2, 0) is 0 Å². The minimum absolute atomic E-state index is 0.355. The summed E-state index contributed by atoms with van der Waals surface area (Å²) in [7, 11) is 0. The van der Waals surface area contributed by atoms with E-state index in [4.69, 9.17) is 0 Å². The van der Waals surface area contributed by atoms with E-state index in [0.29, 0.717) is 12.1 Å². The van der Waals surface area contributed by atoms with Gasteiger partial charge in [0.05, 0.1) is 6.20 Å². The monoisotopic (exact) mass is 193 g/mol. The van der Waals surface area contributed by atoms with Crippen molar-refractivity contribution in [1.82, 2.24) is 15.5 Å². The molecule has 3 heteroatoms. The van der Waals surface area contributed by atoms with E-state index in [2.05, 4.69) is 35.9 Å². The number of nitrogens with one attached hydrogen (secondary N) is 2. The zero-order chi connectivity index (χ0) is 10.4. The number of aromatic amines is 1. The molecule has 2 N–H and O–H groups in total. The summed E-state index contributed by atoms with van der Waals surface area (Å²) in [6.07, 6.45) is 7.94. The minimum atomic E-state index is 0.355. The standard InChI is InChI=1S/C11H19N3/c1-4-5-6-9(2)14-10(3)11-7-12-13-8-11/h4,7-10,14H,1,5-6H2,2-3H3,(H,12,13). The first-order chi connectivity index (χ1) is 6.74. The number of hydrogen-bond donors (Lipinski definition) is 2. The van der Waals surface area contributed by atoms with Gasteiger partial charge in [0, 0.05) is 23.8 Å². The third-order valence-electron chi connectivity index (χ3n) is 2.36. The summed E-state index contributed by atoms with van der Waals surface area (Å²) in [6.45, 7) is 8.06. The second-order valence-electron chi connectivity index (χ2n) is 3.69. The summed E-state index contributed by atoms with van der Waals surface area (Å²) in [6, 6.07) is 0.867. The van der Waals surface area contributed by atoms with Gasteiger partial charge in [-0.15, -0.1) is 6.58 Å². The maximum absolute atomic E-state index is 3.93. The molecule has 0 aliphatic rings. The van der Waals surface area contributed by atoms with Crippen molar-refractivity contribution in [2.45, 2.75) is 38.8 Å². The van der Waals surface area contributed by atoms with Gasteiger partial charge in [0.2, 0.25) is 0 Å². The molecule has 78 valence electrons. The lowest BCUT2D eigenvalue weighted by Crippen LogP contribution is -2.28. The van der Waals surface area contributed by atoms with E-state index in [1.165, 1.54) is 5.56 Å². The van der Waals surface area contributed by atoms with Gasteiger partial charge in [0.15, 0.2) is 0 Å². The van der Waals surface area contributed by atoms with Crippen LogP contribution in [0.2, 0.25) is 0 Å². The van der Waals surface area contributed by atoms with E-state index in [-0.39, 0.29) is 0 Å². The molecule has 0 saturated heterocycles. The molecule has 0 aromatic carbocycles. The lowest BCUT2D eigenvalue weighted by atomic mass is 10.1. The van der Waals surface area contributed by atoms with Gasteiger partial charge in [-0.2, -0.15) is 5.10 Å². The van der Waals surface area contributed by atoms with Crippen LogP contribution in [0.5, 0.6) is 0 Å². The number of H-pyrrole nitrogens is 1. The second-order valence-corrected chi connectivity index (χ2v) is 3.69. The van der Waals surface area contributed by atoms with Crippen molar-refractivity contribution in [3.8, 4) is 0 Å². The SMILES string of the molecule is C=CCCC(C)NC(C)c1cn[nH]c1. The van der Waals surface area contributed by atoms with Gasteiger partial charge in [0.1, 0.15) is 0 Å². The van der Waals surface area contributed by atoms with E-state index in [1.54, 1.807) is 0 Å². The summed E-state index contributed by atoms with van der Waals surface area (Å²) >= 11 is 0. The van der Waals surface area contributed by atoms with E-state index in [0.717, 1.165) is 12.8 Å². The highest BCUT2D eigenvalue weighted by Gasteiger charge is 2.09. The van der Waals surface area contributed by atoms with Crippen LogP contribution in [0, 0.1) is 0 Å². The van der Waals surface area contributed by atoms with Crippen molar-refractivity contribution < 1.29 is 0 Å². The molecule has 1 aromatic rings. The van der Waals surface area contributed by atoms with Crippen LogP contribution in [0.1, 0.15) is 38.3 Å². The van der Waals surface area contributed by atoms with Crippen LogP contribution >= 0.6 is 0 Å². The summed E-state index contributed by atoms with van der Waals surface area (Å²) in [5, 5.41) is 10.3. The van der Waals surface area contributed by atoms with Gasteiger partial charge >= 0.3 is 0 Å². The van der Waals surface area contributed by atoms with Crippen LogP contribution in [0.25, 0.3) is 0 Å². The topological polar surface area (TPSA) is 40.7 Å². The maximum atomic E-state index is 3.93. The van der Waals surface area contributed by atoms with Crippen molar-refractivity contribution in [3.05, 3.63) is 30.6 Å². The van der Waals surface area contributed by atoms with Gasteiger partial charge in [-0.25, -0.2) is 0 Å². The van der Waals surface area contributed by atoms with Crippen LogP contribution < -0.4 is 5.32 Å². The Balaban J connectivity index is 2.33. The molecule has 1 aromatic heterocycles. The van der Waals surface area contributed by atoms with Crippen LogP contribution in [0.3, 0.4) is 0 Å². The van der Waals surface area contributed by atoms with E-state index < -0.39 is 0 Å². The molecule has 2 atom stereocenters. The fourth-order valence-electron chi connectivity index (χ4n) is 1.47. The molecule has 0 aliphatic carbocycles. The molecular weight excluding hydrogens is 174 g/mol. The molecule has 0 bridgehead atoms. The molecule has 0 fully saturated rings. The molecule has 0 spiro atoms. The molecule has 2 unspecified atom stereocenters. The smallest absolute Gasteiger partial charge is 0.0534 e. The van der Waals surface area contributed by atoms with Crippen molar-refractivity contribution in [2.75, 3.05) is 0 Å². The Morgan fingerprint density at radius 3 is 3.00 bits per heavy atom. The van der Waals surface area contributed by atoms with Gasteiger partial charge in [-0.05, 0) is 26.7 Å². The summed E-state index contributed by atoms with van der Waals surface area (Å²) in [4.78, 5) is 0. The summed E-state index contributed by atoms with van der Waals surface area (Å²) < 4.78 is 0. The van der Waals surface area contributed by atoms with E-state index in [9.17, 15) is 0 Å². The molecule has 0 aliphatic heterocycles. The largest absolute Gasteiger partial charge is 0.308 e. The average Bonchev–Trinajstić information content (AvgIpc) is 2.67. The number of allylic oxidation sites excluding steroid dienone is 1. The van der Waals surface area contributed by atoms with Crippen molar-refractivity contribution in [1.29, 1.82) is 0 Å². The lowest BCUT2D eigenvalue weighted by molar-refractivity contribution is 0.459. The Labute approximate surface area is 85.6 Å². The van der Waals surface area contributed by atoms with Crippen molar-refractivity contribution in [2.24, 2.45) is 0 Å². The Morgan fingerprint density at radius 2 is 2.43 bits per heavy atom. The number of rotatable bonds is 6. The first kappa shape index (κ1) is 11.0. The Hall–Kier alpha value is -1.09. The van der Waals surface area contributed by atoms with Crippen molar-refractivity contribution in [3.63, 3.8) is 0 Å². The molecule has 0 saturated carbocycles. The zero-order valence-corrected chi connectivity index (χ0v) is 8.96. The molecule has 1 heterocycles. The van der Waals surface area contributed by atoms with Crippen LogP contribution in [-0.4, -0.2) is 16.2 Å². The Morgan fingerprint density at radius 1 is 1.64 bits per heavy atom. The molecule has 0 radical (unpaired) electrons. The minimum Gasteiger partial charge on any atom is -0.308 e.